The Morgan fingerprint density at radius 2 is 1.16 bits per heavy atom. The molecule has 0 bridgehead atoms. The van der Waals surface area contributed by atoms with Crippen molar-refractivity contribution in [2.75, 3.05) is 0 Å². The molecule has 3 aromatic rings. The highest BCUT2D eigenvalue weighted by Crippen LogP contribution is 2.31. The number of hydrogen-bond acceptors (Lipinski definition) is 3. The fourth-order valence-electron chi connectivity index (χ4n) is 2.82. The normalized spacial score (nSPS) is 13.4. The number of esters is 1. The molecule has 25 heavy (non-hydrogen) atoms. The SMILES string of the molecule is O=C1OC(c2ccccc2)=NC1=C(c1ccccc1)c1ccccc1. The first-order valence-electron chi connectivity index (χ1n) is 8.04. The van der Waals surface area contributed by atoms with E-state index in [1.165, 1.54) is 0 Å². The standard InChI is InChI=1S/C22H15NO2/c24-22-20(23-21(25-22)18-14-8-3-9-15-18)19(16-10-4-1-5-11-16)17-12-6-2-7-13-17/h1-15H. The molecule has 0 aromatic heterocycles. The molecule has 3 aromatic carbocycles. The molecule has 0 radical (unpaired) electrons. The van der Waals surface area contributed by atoms with Crippen LogP contribution in [0.1, 0.15) is 16.7 Å². The maximum absolute atomic E-state index is 12.6. The first-order valence-corrected chi connectivity index (χ1v) is 8.04. The lowest BCUT2D eigenvalue weighted by Crippen LogP contribution is -2.06. The predicted octanol–water partition coefficient (Wildman–Crippen LogP) is 4.45. The van der Waals surface area contributed by atoms with Crippen LogP contribution >= 0.6 is 0 Å². The summed E-state index contributed by atoms with van der Waals surface area (Å²) in [7, 11) is 0. The topological polar surface area (TPSA) is 38.7 Å². The second-order valence-electron chi connectivity index (χ2n) is 5.63. The third-order valence-corrected chi connectivity index (χ3v) is 3.98. The maximum Gasteiger partial charge on any atom is 0.364 e. The van der Waals surface area contributed by atoms with Crippen molar-refractivity contribution in [3.63, 3.8) is 0 Å². The van der Waals surface area contributed by atoms with E-state index in [-0.39, 0.29) is 0 Å². The highest BCUT2D eigenvalue weighted by Gasteiger charge is 2.28. The average Bonchev–Trinajstić information content (AvgIpc) is 3.06. The number of nitrogens with zero attached hydrogens (tertiary/aromatic N) is 1. The highest BCUT2D eigenvalue weighted by atomic mass is 16.6. The van der Waals surface area contributed by atoms with Crippen LogP contribution < -0.4 is 0 Å². The van der Waals surface area contributed by atoms with Gasteiger partial charge in [-0.15, -0.1) is 0 Å². The van der Waals surface area contributed by atoms with Gasteiger partial charge in [0, 0.05) is 11.1 Å². The van der Waals surface area contributed by atoms with E-state index in [2.05, 4.69) is 4.99 Å². The molecule has 0 aliphatic carbocycles. The van der Waals surface area contributed by atoms with Gasteiger partial charge in [0.15, 0.2) is 5.70 Å². The van der Waals surface area contributed by atoms with Crippen molar-refractivity contribution < 1.29 is 9.53 Å². The van der Waals surface area contributed by atoms with E-state index in [0.29, 0.717) is 11.6 Å². The van der Waals surface area contributed by atoms with Gasteiger partial charge >= 0.3 is 5.97 Å². The molecule has 0 saturated heterocycles. The Balaban J connectivity index is 1.91. The molecule has 0 saturated carbocycles. The third kappa shape index (κ3) is 3.00. The molecule has 4 rings (SSSR count). The summed E-state index contributed by atoms with van der Waals surface area (Å²) >= 11 is 0. The van der Waals surface area contributed by atoms with E-state index in [1.54, 1.807) is 0 Å². The Morgan fingerprint density at radius 1 is 0.680 bits per heavy atom. The molecular formula is C22H15NO2. The van der Waals surface area contributed by atoms with Crippen LogP contribution in [-0.2, 0) is 9.53 Å². The van der Waals surface area contributed by atoms with Crippen LogP contribution in [0.25, 0.3) is 5.57 Å². The summed E-state index contributed by atoms with van der Waals surface area (Å²) in [5.41, 5.74) is 3.75. The van der Waals surface area contributed by atoms with Crippen molar-refractivity contribution in [1.29, 1.82) is 0 Å². The van der Waals surface area contributed by atoms with E-state index >= 15 is 0 Å². The number of carbonyl (C=O) groups excluding carboxylic acids is 1. The molecular weight excluding hydrogens is 310 g/mol. The number of carbonyl (C=O) groups is 1. The zero-order chi connectivity index (χ0) is 17.1. The van der Waals surface area contributed by atoms with Crippen molar-refractivity contribution in [3.05, 3.63) is 113 Å². The van der Waals surface area contributed by atoms with Gasteiger partial charge in [0.1, 0.15) is 0 Å². The van der Waals surface area contributed by atoms with E-state index in [0.717, 1.165) is 22.3 Å². The molecule has 0 atom stereocenters. The molecule has 0 fully saturated rings. The third-order valence-electron chi connectivity index (χ3n) is 3.98. The molecule has 1 aliphatic heterocycles. The van der Waals surface area contributed by atoms with Crippen molar-refractivity contribution in [1.82, 2.24) is 0 Å². The van der Waals surface area contributed by atoms with Gasteiger partial charge < -0.3 is 4.74 Å². The van der Waals surface area contributed by atoms with E-state index in [1.807, 2.05) is 91.0 Å². The molecule has 120 valence electrons. The summed E-state index contributed by atoms with van der Waals surface area (Å²) in [4.78, 5) is 17.1. The van der Waals surface area contributed by atoms with Crippen LogP contribution in [0.4, 0.5) is 0 Å². The first-order chi connectivity index (χ1) is 12.3. The minimum atomic E-state index is -0.429. The summed E-state index contributed by atoms with van der Waals surface area (Å²) in [6, 6.07) is 29.0. The average molecular weight is 325 g/mol. The van der Waals surface area contributed by atoms with Gasteiger partial charge in [0.2, 0.25) is 5.90 Å². The van der Waals surface area contributed by atoms with Gasteiger partial charge in [-0.2, -0.15) is 0 Å². The molecule has 0 unspecified atom stereocenters. The summed E-state index contributed by atoms with van der Waals surface area (Å²) in [5, 5.41) is 0. The smallest absolute Gasteiger partial charge is 0.364 e. The fraction of sp³-hybridized carbons (Fsp3) is 0. The molecule has 3 heteroatoms. The number of benzene rings is 3. The van der Waals surface area contributed by atoms with Crippen LogP contribution in [0, 0.1) is 0 Å². The van der Waals surface area contributed by atoms with Crippen LogP contribution in [0.2, 0.25) is 0 Å². The van der Waals surface area contributed by atoms with Gasteiger partial charge in [0.05, 0.1) is 0 Å². The van der Waals surface area contributed by atoms with Crippen LogP contribution in [0.5, 0.6) is 0 Å². The zero-order valence-corrected chi connectivity index (χ0v) is 13.4. The number of cyclic esters (lactones) is 1. The molecule has 0 spiro atoms. The lowest BCUT2D eigenvalue weighted by molar-refractivity contribution is -0.129. The van der Waals surface area contributed by atoms with Gasteiger partial charge in [-0.05, 0) is 23.3 Å². The highest BCUT2D eigenvalue weighted by molar-refractivity contribution is 6.15. The Morgan fingerprint density at radius 3 is 1.68 bits per heavy atom. The minimum Gasteiger partial charge on any atom is -0.402 e. The van der Waals surface area contributed by atoms with Gasteiger partial charge in [-0.3, -0.25) is 0 Å². The lowest BCUT2D eigenvalue weighted by Gasteiger charge is -2.09. The number of ether oxygens (including phenoxy) is 1. The number of hydrogen-bond donors (Lipinski definition) is 0. The molecule has 1 heterocycles. The van der Waals surface area contributed by atoms with E-state index < -0.39 is 5.97 Å². The lowest BCUT2D eigenvalue weighted by atomic mass is 9.96. The Labute approximate surface area is 145 Å². The summed E-state index contributed by atoms with van der Waals surface area (Å²) < 4.78 is 5.44. The quantitative estimate of drug-likeness (QED) is 0.527. The first kappa shape index (κ1) is 15.1. The monoisotopic (exact) mass is 325 g/mol. The molecule has 3 nitrogen and oxygen atoms in total. The number of rotatable bonds is 3. The summed E-state index contributed by atoms with van der Waals surface area (Å²) in [6.07, 6.45) is 0. The Bertz CT molecular complexity index is 917. The second-order valence-corrected chi connectivity index (χ2v) is 5.63. The van der Waals surface area contributed by atoms with E-state index in [4.69, 9.17) is 4.74 Å². The van der Waals surface area contributed by atoms with Crippen molar-refractivity contribution in [3.8, 4) is 0 Å². The van der Waals surface area contributed by atoms with Crippen molar-refractivity contribution in [2.24, 2.45) is 4.99 Å². The van der Waals surface area contributed by atoms with Gasteiger partial charge in [-0.25, -0.2) is 9.79 Å². The van der Waals surface area contributed by atoms with Crippen LogP contribution in [0.3, 0.4) is 0 Å². The predicted molar refractivity (Wildman–Crippen MR) is 98.0 cm³/mol. The van der Waals surface area contributed by atoms with Gasteiger partial charge in [-0.1, -0.05) is 78.9 Å². The minimum absolute atomic E-state index is 0.330. The Hall–Kier alpha value is -3.46. The van der Waals surface area contributed by atoms with Crippen LogP contribution in [-0.4, -0.2) is 11.9 Å². The maximum atomic E-state index is 12.6. The van der Waals surface area contributed by atoms with Crippen molar-refractivity contribution >= 4 is 17.4 Å². The molecule has 1 aliphatic rings. The fourth-order valence-corrected chi connectivity index (χ4v) is 2.82. The van der Waals surface area contributed by atoms with Crippen molar-refractivity contribution in [2.45, 2.75) is 0 Å². The number of aliphatic imine (C=N–C) groups is 1. The largest absolute Gasteiger partial charge is 0.402 e. The van der Waals surface area contributed by atoms with E-state index in [9.17, 15) is 4.79 Å². The molecule has 0 amide bonds. The zero-order valence-electron chi connectivity index (χ0n) is 13.4. The molecule has 0 N–H and O–H groups in total. The summed E-state index contributed by atoms with van der Waals surface area (Å²) in [6.45, 7) is 0. The van der Waals surface area contributed by atoms with Crippen LogP contribution in [0.15, 0.2) is 102 Å². The Kier molecular flexibility index (Phi) is 3.97. The second kappa shape index (κ2) is 6.57. The van der Waals surface area contributed by atoms with Gasteiger partial charge in [0.25, 0.3) is 0 Å². The summed E-state index contributed by atoms with van der Waals surface area (Å²) in [5.74, 6) is -0.0912.